The van der Waals surface area contributed by atoms with Crippen LogP contribution in [-0.4, -0.2) is 55.8 Å². The Bertz CT molecular complexity index is 1290. The van der Waals surface area contributed by atoms with E-state index in [2.05, 4.69) is 16.8 Å². The highest BCUT2D eigenvalue weighted by Crippen LogP contribution is 2.35. The Labute approximate surface area is 221 Å². The van der Waals surface area contributed by atoms with Crippen LogP contribution in [0.3, 0.4) is 0 Å². The van der Waals surface area contributed by atoms with Crippen LogP contribution in [0.1, 0.15) is 54.2 Å². The molecule has 0 radical (unpaired) electrons. The van der Waals surface area contributed by atoms with E-state index < -0.39 is 0 Å². The first-order valence-corrected chi connectivity index (χ1v) is 13.2. The van der Waals surface area contributed by atoms with Crippen molar-refractivity contribution in [3.8, 4) is 11.1 Å². The average molecular weight is 527 g/mol. The predicted molar refractivity (Wildman–Crippen MR) is 141 cm³/mol. The van der Waals surface area contributed by atoms with Gasteiger partial charge in [0.25, 0.3) is 5.91 Å². The lowest BCUT2D eigenvalue weighted by Gasteiger charge is -2.37. The van der Waals surface area contributed by atoms with E-state index in [1.807, 2.05) is 22.9 Å². The van der Waals surface area contributed by atoms with E-state index >= 15 is 0 Å². The zero-order valence-electron chi connectivity index (χ0n) is 20.9. The molecule has 37 heavy (non-hydrogen) atoms. The van der Waals surface area contributed by atoms with Gasteiger partial charge in [0.2, 0.25) is 0 Å². The van der Waals surface area contributed by atoms with Gasteiger partial charge in [0.15, 0.2) is 0 Å². The summed E-state index contributed by atoms with van der Waals surface area (Å²) in [6.07, 6.45) is 6.45. The molecule has 1 saturated heterocycles. The van der Waals surface area contributed by atoms with Crippen LogP contribution in [0.25, 0.3) is 11.1 Å². The molecule has 1 unspecified atom stereocenters. The molecule has 3 aromatic rings. The minimum absolute atomic E-state index is 0.0525. The van der Waals surface area contributed by atoms with E-state index in [1.165, 1.54) is 12.1 Å². The highest BCUT2D eigenvalue weighted by molar-refractivity contribution is 6.33. The van der Waals surface area contributed by atoms with Crippen LogP contribution in [0.15, 0.2) is 42.7 Å². The summed E-state index contributed by atoms with van der Waals surface area (Å²) < 4.78 is 16.0. The first-order chi connectivity index (χ1) is 17.9. The number of carbonyl (C=O) groups excluding carboxylic acids is 1. The number of aromatic nitrogens is 2. The van der Waals surface area contributed by atoms with Gasteiger partial charge in [-0.3, -0.25) is 4.79 Å². The van der Waals surface area contributed by atoms with Crippen LogP contribution in [0.2, 0.25) is 5.02 Å². The van der Waals surface area contributed by atoms with Crippen molar-refractivity contribution in [1.82, 2.24) is 14.5 Å². The molecule has 0 bridgehead atoms. The Kier molecular flexibility index (Phi) is 7.51. The first kappa shape index (κ1) is 25.7. The smallest absolute Gasteiger partial charge is 0.271 e. The van der Waals surface area contributed by atoms with E-state index in [4.69, 9.17) is 11.6 Å². The molecule has 2 aromatic heterocycles. The number of aliphatic hydroxyl groups is 2. The molecule has 196 valence electrons. The molecule has 2 aliphatic rings. The summed E-state index contributed by atoms with van der Waals surface area (Å²) in [5.74, 6) is 0.287. The van der Waals surface area contributed by atoms with Crippen molar-refractivity contribution in [3.05, 3.63) is 70.4 Å². The topological polar surface area (TPSA) is 81.8 Å². The molecule has 4 heterocycles. The van der Waals surface area contributed by atoms with Crippen molar-refractivity contribution < 1.29 is 19.4 Å². The molecule has 7 nitrogen and oxygen atoms in total. The van der Waals surface area contributed by atoms with Gasteiger partial charge in [-0.1, -0.05) is 31.0 Å². The van der Waals surface area contributed by atoms with Crippen LogP contribution in [-0.2, 0) is 19.7 Å². The number of halogens is 2. The third kappa shape index (κ3) is 5.23. The number of amides is 1. The number of pyridine rings is 1. The zero-order valence-corrected chi connectivity index (χ0v) is 21.7. The number of piperidine rings is 1. The molecular weight excluding hydrogens is 495 g/mol. The number of rotatable bonds is 7. The Morgan fingerprint density at radius 2 is 1.95 bits per heavy atom. The Balaban J connectivity index is 1.46. The first-order valence-electron chi connectivity index (χ1n) is 12.9. The number of benzene rings is 1. The molecule has 1 amide bonds. The second-order valence-corrected chi connectivity index (χ2v) is 10.4. The second kappa shape index (κ2) is 10.8. The maximum atomic E-state index is 14.0. The fraction of sp³-hybridized carbons (Fsp3) is 0.429. The molecular formula is C28H32ClFN4O3. The zero-order chi connectivity index (χ0) is 26.1. The maximum Gasteiger partial charge on any atom is 0.271 e. The highest BCUT2D eigenvalue weighted by Gasteiger charge is 2.33. The lowest BCUT2D eigenvalue weighted by Crippen LogP contribution is -2.47. The summed E-state index contributed by atoms with van der Waals surface area (Å²) >= 11 is 6.57. The molecule has 2 N–H and O–H groups in total. The Hall–Kier alpha value is -2.94. The van der Waals surface area contributed by atoms with E-state index in [9.17, 15) is 19.4 Å². The number of hydrogen-bond donors (Lipinski definition) is 2. The SMILES string of the molecule is CCCC1Cn2cc(-c3cc(N4CCC(O)CC4)ncc3Cl)cc2C(=O)N1Cc1cc(F)ccc1CO. The molecule has 5 rings (SSSR count). The molecule has 9 heteroatoms. The molecule has 0 saturated carbocycles. The van der Waals surface area contributed by atoms with Crippen molar-refractivity contribution in [2.24, 2.45) is 0 Å². The number of hydrogen-bond acceptors (Lipinski definition) is 5. The van der Waals surface area contributed by atoms with Crippen LogP contribution in [0.5, 0.6) is 0 Å². The largest absolute Gasteiger partial charge is 0.393 e. The van der Waals surface area contributed by atoms with Crippen molar-refractivity contribution in [2.45, 2.75) is 64.4 Å². The minimum Gasteiger partial charge on any atom is -0.393 e. The van der Waals surface area contributed by atoms with Crippen LogP contribution >= 0.6 is 11.6 Å². The fourth-order valence-corrected chi connectivity index (χ4v) is 5.62. The lowest BCUT2D eigenvalue weighted by molar-refractivity contribution is 0.0557. The fourth-order valence-electron chi connectivity index (χ4n) is 5.40. The number of carbonyl (C=O) groups is 1. The van der Waals surface area contributed by atoms with Gasteiger partial charge in [-0.2, -0.15) is 0 Å². The molecule has 0 aliphatic carbocycles. The van der Waals surface area contributed by atoms with Gasteiger partial charge < -0.3 is 24.6 Å². The third-order valence-corrected chi connectivity index (χ3v) is 7.77. The van der Waals surface area contributed by atoms with Crippen LogP contribution < -0.4 is 4.90 Å². The van der Waals surface area contributed by atoms with Gasteiger partial charge in [-0.15, -0.1) is 0 Å². The van der Waals surface area contributed by atoms with Gasteiger partial charge in [-0.05, 0) is 54.7 Å². The van der Waals surface area contributed by atoms with Crippen LogP contribution in [0, 0.1) is 5.82 Å². The monoisotopic (exact) mass is 526 g/mol. The summed E-state index contributed by atoms with van der Waals surface area (Å²) in [4.78, 5) is 22.2. The number of aliphatic hydroxyl groups excluding tert-OH is 2. The van der Waals surface area contributed by atoms with Crippen molar-refractivity contribution in [1.29, 1.82) is 0 Å². The minimum atomic E-state index is -0.388. The summed E-state index contributed by atoms with van der Waals surface area (Å²) in [5.41, 5.74) is 3.43. The normalized spacial score (nSPS) is 18.4. The second-order valence-electron chi connectivity index (χ2n) is 9.95. The van der Waals surface area contributed by atoms with Gasteiger partial charge >= 0.3 is 0 Å². The molecule has 1 fully saturated rings. The highest BCUT2D eigenvalue weighted by atomic mass is 35.5. The average Bonchev–Trinajstić information content (AvgIpc) is 3.31. The van der Waals surface area contributed by atoms with Crippen LogP contribution in [0.4, 0.5) is 10.2 Å². The Morgan fingerprint density at radius 1 is 1.16 bits per heavy atom. The molecule has 1 aromatic carbocycles. The van der Waals surface area contributed by atoms with E-state index in [0.717, 1.165) is 42.9 Å². The van der Waals surface area contributed by atoms with E-state index in [-0.39, 0.29) is 37.0 Å². The predicted octanol–water partition coefficient (Wildman–Crippen LogP) is 4.62. The third-order valence-electron chi connectivity index (χ3n) is 7.47. The van der Waals surface area contributed by atoms with Crippen molar-refractivity contribution in [3.63, 3.8) is 0 Å². The molecule has 2 aliphatic heterocycles. The maximum absolute atomic E-state index is 14.0. The van der Waals surface area contributed by atoms with Gasteiger partial charge in [0.1, 0.15) is 17.3 Å². The number of nitrogens with zero attached hydrogens (tertiary/aromatic N) is 4. The summed E-state index contributed by atoms with van der Waals surface area (Å²) in [7, 11) is 0. The Morgan fingerprint density at radius 3 is 2.68 bits per heavy atom. The van der Waals surface area contributed by atoms with Gasteiger partial charge in [0, 0.05) is 49.7 Å². The quantitative estimate of drug-likeness (QED) is 0.469. The van der Waals surface area contributed by atoms with Gasteiger partial charge in [0.05, 0.1) is 23.8 Å². The summed E-state index contributed by atoms with van der Waals surface area (Å²) in [6.45, 7) is 4.18. The summed E-state index contributed by atoms with van der Waals surface area (Å²) in [6, 6.07) is 8.06. The van der Waals surface area contributed by atoms with Crippen molar-refractivity contribution in [2.75, 3.05) is 18.0 Å². The lowest BCUT2D eigenvalue weighted by atomic mass is 10.0. The van der Waals surface area contributed by atoms with E-state index in [1.54, 1.807) is 17.2 Å². The summed E-state index contributed by atoms with van der Waals surface area (Å²) in [5, 5.41) is 20.1. The van der Waals surface area contributed by atoms with Gasteiger partial charge in [-0.25, -0.2) is 9.37 Å². The molecule has 1 atom stereocenters. The molecule has 0 spiro atoms. The standard InChI is InChI=1S/C28H32ClFN4O3/c1-2-3-22-16-33-14-20(24-12-27(31-13-25(24)29)32-8-6-23(36)7-9-32)11-26(33)28(37)34(22)15-19-10-21(30)5-4-18(19)17-35/h4-5,10-14,22-23,35-36H,2-3,6-9,15-17H2,1H3. The number of anilines is 1. The number of fused-ring (bicyclic) bond motifs is 1. The van der Waals surface area contributed by atoms with Crippen molar-refractivity contribution >= 4 is 23.3 Å². The van der Waals surface area contributed by atoms with E-state index in [0.29, 0.717) is 41.2 Å².